The number of nitrogens with one attached hydrogen (secondary N) is 1. The topological polar surface area (TPSA) is 92.7 Å². The summed E-state index contributed by atoms with van der Waals surface area (Å²) in [5.41, 5.74) is 1.05. The SMILES string of the molecule is O=C(O)Cc1ccc(NS(=O)(=O)CC2CCCO2)cc1. The Morgan fingerprint density at radius 2 is 2.05 bits per heavy atom. The van der Waals surface area contributed by atoms with Crippen molar-refractivity contribution >= 4 is 21.7 Å². The summed E-state index contributed by atoms with van der Waals surface area (Å²) < 4.78 is 31.6. The zero-order valence-electron chi connectivity index (χ0n) is 10.9. The zero-order valence-corrected chi connectivity index (χ0v) is 11.7. The molecule has 1 fully saturated rings. The first kappa shape index (κ1) is 14.8. The molecule has 1 heterocycles. The van der Waals surface area contributed by atoms with Crippen molar-refractivity contribution in [3.63, 3.8) is 0 Å². The number of rotatable bonds is 6. The van der Waals surface area contributed by atoms with Crippen LogP contribution in [0.4, 0.5) is 5.69 Å². The van der Waals surface area contributed by atoms with E-state index in [0.29, 0.717) is 17.9 Å². The first-order valence-electron chi connectivity index (χ1n) is 6.37. The Labute approximate surface area is 117 Å². The molecular weight excluding hydrogens is 282 g/mol. The minimum atomic E-state index is -3.45. The lowest BCUT2D eigenvalue weighted by Gasteiger charge is -2.12. The second-order valence-electron chi connectivity index (χ2n) is 4.79. The molecule has 1 atom stereocenters. The summed E-state index contributed by atoms with van der Waals surface area (Å²) in [6, 6.07) is 6.31. The number of anilines is 1. The summed E-state index contributed by atoms with van der Waals surface area (Å²) >= 11 is 0. The van der Waals surface area contributed by atoms with E-state index in [1.54, 1.807) is 24.3 Å². The Morgan fingerprint density at radius 1 is 1.35 bits per heavy atom. The van der Waals surface area contributed by atoms with Gasteiger partial charge in [0.2, 0.25) is 10.0 Å². The molecule has 1 aliphatic rings. The molecule has 1 aromatic carbocycles. The van der Waals surface area contributed by atoms with Gasteiger partial charge in [-0.3, -0.25) is 9.52 Å². The number of carboxylic acid groups (broad SMARTS) is 1. The van der Waals surface area contributed by atoms with E-state index in [2.05, 4.69) is 4.72 Å². The highest BCUT2D eigenvalue weighted by molar-refractivity contribution is 7.92. The van der Waals surface area contributed by atoms with Crippen molar-refractivity contribution in [2.45, 2.75) is 25.4 Å². The number of hydrogen-bond donors (Lipinski definition) is 2. The van der Waals surface area contributed by atoms with E-state index in [-0.39, 0.29) is 18.3 Å². The van der Waals surface area contributed by atoms with E-state index in [4.69, 9.17) is 9.84 Å². The van der Waals surface area contributed by atoms with Gasteiger partial charge in [-0.2, -0.15) is 0 Å². The van der Waals surface area contributed by atoms with Crippen molar-refractivity contribution in [3.05, 3.63) is 29.8 Å². The van der Waals surface area contributed by atoms with Crippen LogP contribution in [0.1, 0.15) is 18.4 Å². The number of hydrogen-bond acceptors (Lipinski definition) is 4. The van der Waals surface area contributed by atoms with Crippen LogP contribution in [0.2, 0.25) is 0 Å². The predicted molar refractivity (Wildman–Crippen MR) is 74.2 cm³/mol. The number of carboxylic acids is 1. The van der Waals surface area contributed by atoms with Crippen LogP contribution in [0.15, 0.2) is 24.3 Å². The molecule has 1 saturated heterocycles. The van der Waals surface area contributed by atoms with E-state index in [9.17, 15) is 13.2 Å². The minimum Gasteiger partial charge on any atom is -0.481 e. The molecule has 0 amide bonds. The Hall–Kier alpha value is -1.60. The second-order valence-corrected chi connectivity index (χ2v) is 6.55. The first-order valence-corrected chi connectivity index (χ1v) is 8.03. The Morgan fingerprint density at radius 3 is 2.60 bits per heavy atom. The van der Waals surface area contributed by atoms with E-state index in [0.717, 1.165) is 12.8 Å². The van der Waals surface area contributed by atoms with Gasteiger partial charge in [-0.25, -0.2) is 8.42 Å². The van der Waals surface area contributed by atoms with Gasteiger partial charge in [0.1, 0.15) is 0 Å². The van der Waals surface area contributed by atoms with Crippen LogP contribution in [0, 0.1) is 0 Å². The highest BCUT2D eigenvalue weighted by Crippen LogP contribution is 2.17. The Balaban J connectivity index is 1.96. The highest BCUT2D eigenvalue weighted by atomic mass is 32.2. The van der Waals surface area contributed by atoms with Crippen molar-refractivity contribution in [2.24, 2.45) is 0 Å². The van der Waals surface area contributed by atoms with Gasteiger partial charge in [0.05, 0.1) is 18.3 Å². The molecule has 6 nitrogen and oxygen atoms in total. The highest BCUT2D eigenvalue weighted by Gasteiger charge is 2.23. The number of aliphatic carboxylic acids is 1. The van der Waals surface area contributed by atoms with Crippen molar-refractivity contribution in [1.29, 1.82) is 0 Å². The molecule has 0 aromatic heterocycles. The van der Waals surface area contributed by atoms with Crippen molar-refractivity contribution in [3.8, 4) is 0 Å². The van der Waals surface area contributed by atoms with Gasteiger partial charge >= 0.3 is 5.97 Å². The van der Waals surface area contributed by atoms with Gasteiger partial charge in [-0.15, -0.1) is 0 Å². The lowest BCUT2D eigenvalue weighted by molar-refractivity contribution is -0.136. The summed E-state index contributed by atoms with van der Waals surface area (Å²) in [6.45, 7) is 0.615. The molecule has 20 heavy (non-hydrogen) atoms. The molecule has 0 spiro atoms. The molecule has 0 saturated carbocycles. The van der Waals surface area contributed by atoms with E-state index in [1.165, 1.54) is 0 Å². The fourth-order valence-electron chi connectivity index (χ4n) is 2.11. The van der Waals surface area contributed by atoms with Crippen molar-refractivity contribution < 1.29 is 23.1 Å². The number of sulfonamides is 1. The maximum atomic E-state index is 11.9. The van der Waals surface area contributed by atoms with E-state index in [1.807, 2.05) is 0 Å². The van der Waals surface area contributed by atoms with Crippen LogP contribution in [0.5, 0.6) is 0 Å². The zero-order chi connectivity index (χ0) is 14.6. The largest absolute Gasteiger partial charge is 0.481 e. The molecule has 2 rings (SSSR count). The Bertz CT molecular complexity index is 561. The summed E-state index contributed by atoms with van der Waals surface area (Å²) in [7, 11) is -3.45. The molecule has 110 valence electrons. The second kappa shape index (κ2) is 6.23. The molecule has 7 heteroatoms. The van der Waals surface area contributed by atoms with Gasteiger partial charge in [0.15, 0.2) is 0 Å². The summed E-state index contributed by atoms with van der Waals surface area (Å²) in [5.74, 6) is -0.971. The average molecular weight is 299 g/mol. The summed E-state index contributed by atoms with van der Waals surface area (Å²) in [5, 5.41) is 8.66. The predicted octanol–water partition coefficient (Wildman–Crippen LogP) is 1.23. The normalized spacial score (nSPS) is 18.9. The van der Waals surface area contributed by atoms with Crippen molar-refractivity contribution in [2.75, 3.05) is 17.1 Å². The lowest BCUT2D eigenvalue weighted by atomic mass is 10.1. The maximum Gasteiger partial charge on any atom is 0.307 e. The van der Waals surface area contributed by atoms with Gasteiger partial charge in [-0.1, -0.05) is 12.1 Å². The average Bonchev–Trinajstić information content (AvgIpc) is 2.82. The molecular formula is C13H17NO5S. The third kappa shape index (κ3) is 4.50. The molecule has 2 N–H and O–H groups in total. The number of carbonyl (C=O) groups is 1. The van der Waals surface area contributed by atoms with Gasteiger partial charge in [0.25, 0.3) is 0 Å². The molecule has 1 aromatic rings. The summed E-state index contributed by atoms with van der Waals surface area (Å²) in [6.07, 6.45) is 1.34. The van der Waals surface area contributed by atoms with Crippen LogP contribution in [0.3, 0.4) is 0 Å². The van der Waals surface area contributed by atoms with Crippen LogP contribution >= 0.6 is 0 Å². The molecule has 1 aliphatic heterocycles. The smallest absolute Gasteiger partial charge is 0.307 e. The van der Waals surface area contributed by atoms with E-state index >= 15 is 0 Å². The summed E-state index contributed by atoms with van der Waals surface area (Å²) in [4.78, 5) is 10.6. The Kier molecular flexibility index (Phi) is 4.61. The molecule has 1 unspecified atom stereocenters. The fraction of sp³-hybridized carbons (Fsp3) is 0.462. The third-order valence-electron chi connectivity index (χ3n) is 3.01. The quantitative estimate of drug-likeness (QED) is 0.824. The molecule has 0 radical (unpaired) electrons. The monoisotopic (exact) mass is 299 g/mol. The van der Waals surface area contributed by atoms with Crippen LogP contribution in [0.25, 0.3) is 0 Å². The molecule has 0 aliphatic carbocycles. The van der Waals surface area contributed by atoms with Crippen LogP contribution in [-0.2, 0) is 26.0 Å². The minimum absolute atomic E-state index is 0.0517. The number of benzene rings is 1. The molecule has 0 bridgehead atoms. The fourth-order valence-corrected chi connectivity index (χ4v) is 3.44. The van der Waals surface area contributed by atoms with Crippen LogP contribution < -0.4 is 4.72 Å². The maximum absolute atomic E-state index is 11.9. The third-order valence-corrected chi connectivity index (χ3v) is 4.37. The van der Waals surface area contributed by atoms with Crippen LogP contribution in [-0.4, -0.2) is 38.0 Å². The number of ether oxygens (including phenoxy) is 1. The standard InChI is InChI=1S/C13H17NO5S/c15-13(16)8-10-3-5-11(6-4-10)14-20(17,18)9-12-2-1-7-19-12/h3-6,12,14H,1-2,7-9H2,(H,15,16). The van der Waals surface area contributed by atoms with E-state index < -0.39 is 16.0 Å². The van der Waals surface area contributed by atoms with Crippen molar-refractivity contribution in [1.82, 2.24) is 0 Å². The lowest BCUT2D eigenvalue weighted by Crippen LogP contribution is -2.25. The van der Waals surface area contributed by atoms with Gasteiger partial charge < -0.3 is 9.84 Å². The van der Waals surface area contributed by atoms with Gasteiger partial charge in [0, 0.05) is 12.3 Å². The van der Waals surface area contributed by atoms with Gasteiger partial charge in [-0.05, 0) is 30.5 Å². The first-order chi connectivity index (χ1) is 9.44.